The predicted molar refractivity (Wildman–Crippen MR) is 62.1 cm³/mol. The van der Waals surface area contributed by atoms with Crippen molar-refractivity contribution in [3.05, 3.63) is 23.9 Å². The lowest BCUT2D eigenvalue weighted by atomic mass is 10.2. The van der Waals surface area contributed by atoms with Crippen molar-refractivity contribution in [2.45, 2.75) is 6.54 Å². The Kier molecular flexibility index (Phi) is 5.07. The van der Waals surface area contributed by atoms with Gasteiger partial charge in [0.2, 0.25) is 0 Å². The van der Waals surface area contributed by atoms with Gasteiger partial charge in [-0.3, -0.25) is 0 Å². The fraction of sp³-hybridized carbons (Fsp3) is 0.545. The maximum absolute atomic E-state index is 4.97. The van der Waals surface area contributed by atoms with Crippen molar-refractivity contribution in [3.8, 4) is 0 Å². The van der Waals surface area contributed by atoms with Gasteiger partial charge < -0.3 is 15.0 Å². The third-order valence-corrected chi connectivity index (χ3v) is 2.09. The molecule has 4 nitrogen and oxygen atoms in total. The highest BCUT2D eigenvalue weighted by Gasteiger charge is 2.03. The number of hydrogen-bond acceptors (Lipinski definition) is 4. The summed E-state index contributed by atoms with van der Waals surface area (Å²) in [4.78, 5) is 6.35. The number of pyridine rings is 1. The second kappa shape index (κ2) is 6.37. The number of hydrogen-bond donors (Lipinski definition) is 1. The summed E-state index contributed by atoms with van der Waals surface area (Å²) in [6.07, 6.45) is 1.81. The molecular weight excluding hydrogens is 190 g/mol. The van der Waals surface area contributed by atoms with E-state index in [2.05, 4.69) is 16.4 Å². The Morgan fingerprint density at radius 2 is 2.27 bits per heavy atom. The highest BCUT2D eigenvalue weighted by Crippen LogP contribution is 2.13. The summed E-state index contributed by atoms with van der Waals surface area (Å²) in [7, 11) is 5.71. The molecule has 0 aliphatic heterocycles. The summed E-state index contributed by atoms with van der Waals surface area (Å²) >= 11 is 0. The fourth-order valence-electron chi connectivity index (χ4n) is 1.37. The minimum absolute atomic E-state index is 0.734. The normalized spacial score (nSPS) is 10.3. The summed E-state index contributed by atoms with van der Waals surface area (Å²) in [5.74, 6) is 1.02. The first-order valence-electron chi connectivity index (χ1n) is 5.06. The van der Waals surface area contributed by atoms with E-state index in [1.54, 1.807) is 7.11 Å². The van der Waals surface area contributed by atoms with E-state index >= 15 is 0 Å². The average molecular weight is 209 g/mol. The van der Waals surface area contributed by atoms with Crippen molar-refractivity contribution in [3.63, 3.8) is 0 Å². The van der Waals surface area contributed by atoms with Gasteiger partial charge in [-0.15, -0.1) is 0 Å². The molecule has 0 saturated carbocycles. The molecule has 15 heavy (non-hydrogen) atoms. The molecule has 1 rings (SSSR count). The molecule has 0 bridgehead atoms. The van der Waals surface area contributed by atoms with Crippen molar-refractivity contribution in [2.75, 3.05) is 39.3 Å². The van der Waals surface area contributed by atoms with Crippen LogP contribution in [0.3, 0.4) is 0 Å². The highest BCUT2D eigenvalue weighted by molar-refractivity contribution is 5.44. The summed E-state index contributed by atoms with van der Waals surface area (Å²) in [5, 5.41) is 3.31. The molecule has 0 unspecified atom stereocenters. The van der Waals surface area contributed by atoms with Gasteiger partial charge in [0.1, 0.15) is 5.82 Å². The van der Waals surface area contributed by atoms with Crippen LogP contribution in [0.2, 0.25) is 0 Å². The predicted octanol–water partition coefficient (Wildman–Crippen LogP) is 0.884. The van der Waals surface area contributed by atoms with E-state index in [-0.39, 0.29) is 0 Å². The van der Waals surface area contributed by atoms with Crippen molar-refractivity contribution in [1.29, 1.82) is 0 Å². The number of nitrogens with one attached hydrogen (secondary N) is 1. The Morgan fingerprint density at radius 3 is 2.93 bits per heavy atom. The summed E-state index contributed by atoms with van der Waals surface area (Å²) in [6.45, 7) is 2.42. The number of methoxy groups -OCH3 is 1. The topological polar surface area (TPSA) is 37.4 Å². The molecule has 1 aromatic heterocycles. The molecular formula is C11H19N3O. The molecule has 0 atom stereocenters. The van der Waals surface area contributed by atoms with Gasteiger partial charge in [-0.05, 0) is 6.07 Å². The molecule has 1 heterocycles. The summed E-state index contributed by atoms with van der Waals surface area (Å²) < 4.78 is 4.97. The lowest BCUT2D eigenvalue weighted by molar-refractivity contribution is 0.199. The van der Waals surface area contributed by atoms with Crippen LogP contribution in [0, 0.1) is 0 Å². The van der Waals surface area contributed by atoms with Gasteiger partial charge in [0.05, 0.1) is 6.61 Å². The third-order valence-electron chi connectivity index (χ3n) is 2.09. The zero-order valence-electron chi connectivity index (χ0n) is 9.66. The van der Waals surface area contributed by atoms with Crippen LogP contribution in [-0.4, -0.2) is 39.3 Å². The van der Waals surface area contributed by atoms with Crippen LogP contribution in [0.15, 0.2) is 18.3 Å². The molecule has 0 aliphatic carbocycles. The van der Waals surface area contributed by atoms with Gasteiger partial charge in [0.25, 0.3) is 0 Å². The lowest BCUT2D eigenvalue weighted by Gasteiger charge is -2.15. The molecule has 0 amide bonds. The Hall–Kier alpha value is -1.13. The van der Waals surface area contributed by atoms with Crippen LogP contribution >= 0.6 is 0 Å². The van der Waals surface area contributed by atoms with Crippen LogP contribution in [-0.2, 0) is 11.3 Å². The SMILES string of the molecule is COCCNCc1cccnc1N(C)C. The van der Waals surface area contributed by atoms with Crippen molar-refractivity contribution in [1.82, 2.24) is 10.3 Å². The Bertz CT molecular complexity index is 289. The molecule has 0 spiro atoms. The zero-order valence-corrected chi connectivity index (χ0v) is 9.66. The average Bonchev–Trinajstić information content (AvgIpc) is 2.25. The van der Waals surface area contributed by atoms with Crippen LogP contribution in [0.1, 0.15) is 5.56 Å². The first kappa shape index (κ1) is 11.9. The van der Waals surface area contributed by atoms with Crippen molar-refractivity contribution in [2.24, 2.45) is 0 Å². The Morgan fingerprint density at radius 1 is 1.47 bits per heavy atom. The van der Waals surface area contributed by atoms with Gasteiger partial charge in [-0.2, -0.15) is 0 Å². The molecule has 1 aromatic rings. The van der Waals surface area contributed by atoms with Crippen molar-refractivity contribution < 1.29 is 4.74 Å². The van der Waals surface area contributed by atoms with E-state index in [0.717, 1.165) is 25.5 Å². The standard InChI is InChI=1S/C11H19N3O/c1-14(2)11-10(5-4-6-13-11)9-12-7-8-15-3/h4-6,12H,7-9H2,1-3H3. The quantitative estimate of drug-likeness (QED) is 0.706. The number of nitrogens with zero attached hydrogens (tertiary/aromatic N) is 2. The molecule has 0 radical (unpaired) electrons. The highest BCUT2D eigenvalue weighted by atomic mass is 16.5. The van der Waals surface area contributed by atoms with Gasteiger partial charge in [-0.25, -0.2) is 4.98 Å². The number of ether oxygens (including phenoxy) is 1. The van der Waals surface area contributed by atoms with Crippen LogP contribution < -0.4 is 10.2 Å². The van der Waals surface area contributed by atoms with E-state index in [0.29, 0.717) is 0 Å². The molecule has 4 heteroatoms. The Labute approximate surface area is 91.3 Å². The second-order valence-electron chi connectivity index (χ2n) is 3.55. The third kappa shape index (κ3) is 3.85. The number of rotatable bonds is 6. The Balaban J connectivity index is 2.52. The van der Waals surface area contributed by atoms with Crippen LogP contribution in [0.5, 0.6) is 0 Å². The zero-order chi connectivity index (χ0) is 11.1. The molecule has 0 aliphatic rings. The smallest absolute Gasteiger partial charge is 0.132 e. The van der Waals surface area contributed by atoms with Gasteiger partial charge in [0.15, 0.2) is 0 Å². The minimum atomic E-state index is 0.734. The number of anilines is 1. The lowest BCUT2D eigenvalue weighted by Crippen LogP contribution is -2.21. The number of aromatic nitrogens is 1. The molecule has 1 N–H and O–H groups in total. The second-order valence-corrected chi connectivity index (χ2v) is 3.55. The maximum Gasteiger partial charge on any atom is 0.132 e. The first-order chi connectivity index (χ1) is 7.25. The minimum Gasteiger partial charge on any atom is -0.383 e. The van der Waals surface area contributed by atoms with E-state index in [9.17, 15) is 0 Å². The van der Waals surface area contributed by atoms with Crippen molar-refractivity contribution >= 4 is 5.82 Å². The fourth-order valence-corrected chi connectivity index (χ4v) is 1.37. The molecule has 0 saturated heterocycles. The van der Waals surface area contributed by atoms with Gasteiger partial charge in [-0.1, -0.05) is 6.07 Å². The largest absolute Gasteiger partial charge is 0.383 e. The molecule has 0 fully saturated rings. The van der Waals surface area contributed by atoms with Gasteiger partial charge in [0, 0.05) is 46.1 Å². The van der Waals surface area contributed by atoms with E-state index < -0.39 is 0 Å². The first-order valence-corrected chi connectivity index (χ1v) is 5.06. The maximum atomic E-state index is 4.97. The summed E-state index contributed by atoms with van der Waals surface area (Å²) in [5.41, 5.74) is 1.21. The summed E-state index contributed by atoms with van der Waals surface area (Å²) in [6, 6.07) is 4.04. The van der Waals surface area contributed by atoms with E-state index in [1.807, 2.05) is 31.3 Å². The van der Waals surface area contributed by atoms with Gasteiger partial charge >= 0.3 is 0 Å². The van der Waals surface area contributed by atoms with E-state index in [4.69, 9.17) is 4.74 Å². The van der Waals surface area contributed by atoms with E-state index in [1.165, 1.54) is 5.56 Å². The molecule has 0 aromatic carbocycles. The van der Waals surface area contributed by atoms with Crippen LogP contribution in [0.25, 0.3) is 0 Å². The monoisotopic (exact) mass is 209 g/mol. The molecule has 84 valence electrons. The van der Waals surface area contributed by atoms with Crippen LogP contribution in [0.4, 0.5) is 5.82 Å².